The molecule has 28 heavy (non-hydrogen) atoms. The van der Waals surface area contributed by atoms with Crippen molar-refractivity contribution in [2.24, 2.45) is 11.5 Å². The van der Waals surface area contributed by atoms with Crippen LogP contribution in [0.5, 0.6) is 0 Å². The number of nitrogens with zero attached hydrogens (tertiary/aromatic N) is 1. The normalized spacial score (nSPS) is 10.2. The second-order valence-electron chi connectivity index (χ2n) is 5.35. The zero-order valence-electron chi connectivity index (χ0n) is 14.7. The van der Waals surface area contributed by atoms with E-state index in [4.69, 9.17) is 21.6 Å². The summed E-state index contributed by atoms with van der Waals surface area (Å²) in [4.78, 5) is 11.4. The number of para-hydroxylation sites is 2. The molecular weight excluding hydrogens is 408 g/mol. The van der Waals surface area contributed by atoms with Gasteiger partial charge in [0.05, 0.1) is 11.8 Å². The highest BCUT2D eigenvalue weighted by atomic mass is 35.5. The topological polar surface area (TPSA) is 172 Å². The molecule has 3 aromatic rings. The number of rotatable bonds is 2. The molecular formula is C17H19ClN4O5S. The molecule has 0 aliphatic heterocycles. The number of aromatic carboxylic acids is 1. The van der Waals surface area contributed by atoms with E-state index in [-0.39, 0.29) is 16.7 Å². The molecule has 0 aliphatic rings. The lowest BCUT2D eigenvalue weighted by Crippen LogP contribution is -2.20. The van der Waals surface area contributed by atoms with Gasteiger partial charge < -0.3 is 16.6 Å². The smallest absolute Gasteiger partial charge is 0.339 e. The van der Waals surface area contributed by atoms with Gasteiger partial charge in [0.25, 0.3) is 10.1 Å². The monoisotopic (exact) mass is 426 g/mol. The van der Waals surface area contributed by atoms with E-state index in [9.17, 15) is 18.3 Å². The number of hydrogen-bond acceptors (Lipinski definition) is 4. The van der Waals surface area contributed by atoms with Gasteiger partial charge in [0.15, 0.2) is 5.96 Å². The predicted octanol–water partition coefficient (Wildman–Crippen LogP) is 2.32. The first kappa shape index (κ1) is 23.0. The van der Waals surface area contributed by atoms with Crippen LogP contribution in [0.1, 0.15) is 10.4 Å². The van der Waals surface area contributed by atoms with Crippen molar-refractivity contribution in [1.82, 2.24) is 4.57 Å². The van der Waals surface area contributed by atoms with Crippen molar-refractivity contribution < 1.29 is 22.9 Å². The Kier molecular flexibility index (Phi) is 7.99. The van der Waals surface area contributed by atoms with Gasteiger partial charge >= 0.3 is 5.97 Å². The van der Waals surface area contributed by atoms with Crippen LogP contribution in [-0.2, 0) is 10.1 Å². The molecule has 2 aromatic carbocycles. The van der Waals surface area contributed by atoms with Crippen molar-refractivity contribution >= 4 is 44.6 Å². The molecule has 1 heterocycles. The molecule has 0 spiro atoms. The first-order valence-electron chi connectivity index (χ1n) is 7.53. The highest BCUT2D eigenvalue weighted by Crippen LogP contribution is 2.32. The van der Waals surface area contributed by atoms with Crippen molar-refractivity contribution in [2.45, 2.75) is 0 Å². The lowest BCUT2D eigenvalue weighted by Gasteiger charge is -2.06. The zero-order valence-corrected chi connectivity index (χ0v) is 16.3. The number of nitrogens with two attached hydrogens (primary N) is 2. The van der Waals surface area contributed by atoms with Crippen LogP contribution in [0.2, 0.25) is 5.15 Å². The number of carbonyl (C=O) groups is 1. The number of carboxylic acids is 1. The second kappa shape index (κ2) is 9.74. The van der Waals surface area contributed by atoms with E-state index in [1.54, 1.807) is 16.7 Å². The molecule has 0 aliphatic carbocycles. The number of halogens is 1. The highest BCUT2D eigenvalue weighted by molar-refractivity contribution is 7.85. The Morgan fingerprint density at radius 2 is 1.50 bits per heavy atom. The molecule has 0 amide bonds. The largest absolute Gasteiger partial charge is 0.478 e. The fourth-order valence-electron chi connectivity index (χ4n) is 2.24. The van der Waals surface area contributed by atoms with E-state index in [1.807, 2.05) is 42.5 Å². The molecule has 11 heteroatoms. The quantitative estimate of drug-likeness (QED) is 0.237. The highest BCUT2D eigenvalue weighted by Gasteiger charge is 2.21. The van der Waals surface area contributed by atoms with Crippen LogP contribution >= 0.6 is 11.6 Å². The lowest BCUT2D eigenvalue weighted by atomic mass is 10.2. The molecule has 0 fully saturated rings. The number of carboxylic acid groups (broad SMARTS) is 1. The van der Waals surface area contributed by atoms with Crippen LogP contribution < -0.4 is 11.5 Å². The minimum Gasteiger partial charge on any atom is -0.478 e. The minimum atomic E-state index is -3.67. The summed E-state index contributed by atoms with van der Waals surface area (Å²) in [7, 11) is -3.67. The van der Waals surface area contributed by atoms with Crippen molar-refractivity contribution in [3.8, 4) is 5.69 Å². The number of fused-ring (bicyclic) bond motifs is 1. The van der Waals surface area contributed by atoms with Crippen LogP contribution in [0, 0.1) is 5.41 Å². The molecule has 0 radical (unpaired) electrons. The molecule has 9 nitrogen and oxygen atoms in total. The minimum absolute atomic E-state index is 0.140. The van der Waals surface area contributed by atoms with E-state index >= 15 is 0 Å². The van der Waals surface area contributed by atoms with Crippen LogP contribution in [0.25, 0.3) is 16.6 Å². The van der Waals surface area contributed by atoms with Gasteiger partial charge in [-0.15, -0.1) is 0 Å². The van der Waals surface area contributed by atoms with Gasteiger partial charge in [0.1, 0.15) is 10.7 Å². The molecule has 0 bridgehead atoms. The number of benzene rings is 2. The second-order valence-corrected chi connectivity index (χ2v) is 7.17. The Balaban J connectivity index is 0.000000369. The zero-order chi connectivity index (χ0) is 21.5. The van der Waals surface area contributed by atoms with Crippen molar-refractivity contribution in [2.75, 3.05) is 6.26 Å². The van der Waals surface area contributed by atoms with Crippen LogP contribution in [0.4, 0.5) is 0 Å². The summed E-state index contributed by atoms with van der Waals surface area (Å²) in [5.74, 6) is -1.35. The Morgan fingerprint density at radius 3 is 1.96 bits per heavy atom. The lowest BCUT2D eigenvalue weighted by molar-refractivity contribution is 0.0699. The molecule has 7 N–H and O–H groups in total. The molecule has 0 saturated carbocycles. The average molecular weight is 427 g/mol. The third-order valence-electron chi connectivity index (χ3n) is 3.05. The molecule has 1 aromatic heterocycles. The standard InChI is InChI=1S/C15H10ClNO2.CH5N3.CH4O3S/c16-14-13(15(18)19)11-8-4-5-9-12(11)17(14)10-6-2-1-3-7-10;2-1(3)4;1-5(2,3)4/h1-9H,(H,18,19);(H5,2,3,4);1H3,(H,2,3,4). The van der Waals surface area contributed by atoms with E-state index < -0.39 is 16.1 Å². The van der Waals surface area contributed by atoms with E-state index in [2.05, 4.69) is 11.5 Å². The maximum absolute atomic E-state index is 11.4. The Hall–Kier alpha value is -3.08. The molecule has 0 atom stereocenters. The Morgan fingerprint density at radius 1 is 1.07 bits per heavy atom. The molecule has 3 rings (SSSR count). The van der Waals surface area contributed by atoms with E-state index in [1.165, 1.54) is 0 Å². The molecule has 150 valence electrons. The van der Waals surface area contributed by atoms with Gasteiger partial charge in [-0.05, 0) is 18.2 Å². The number of hydrogen-bond donors (Lipinski definition) is 5. The number of guanidine groups is 1. The SMILES string of the molecule is CS(=O)(=O)O.N=C(N)N.O=C(O)c1c(Cl)n(-c2ccccc2)c2ccccc12. The van der Waals surface area contributed by atoms with Crippen LogP contribution in [0.3, 0.4) is 0 Å². The Bertz CT molecular complexity index is 1070. The van der Waals surface area contributed by atoms with Crippen molar-refractivity contribution in [3.63, 3.8) is 0 Å². The fraction of sp³-hybridized carbons (Fsp3) is 0.0588. The van der Waals surface area contributed by atoms with Gasteiger partial charge in [-0.25, -0.2) is 4.79 Å². The molecule has 0 saturated heterocycles. The van der Waals surface area contributed by atoms with Crippen LogP contribution in [0.15, 0.2) is 54.6 Å². The van der Waals surface area contributed by atoms with Gasteiger partial charge in [-0.1, -0.05) is 48.0 Å². The number of nitrogens with one attached hydrogen (secondary N) is 1. The summed E-state index contributed by atoms with van der Waals surface area (Å²) in [5.41, 5.74) is 10.7. The van der Waals surface area contributed by atoms with Gasteiger partial charge in [0, 0.05) is 11.1 Å². The summed E-state index contributed by atoms with van der Waals surface area (Å²) >= 11 is 6.26. The van der Waals surface area contributed by atoms with E-state index in [0.717, 1.165) is 11.2 Å². The van der Waals surface area contributed by atoms with Gasteiger partial charge in [-0.2, -0.15) is 8.42 Å². The van der Waals surface area contributed by atoms with Gasteiger partial charge in [0.2, 0.25) is 0 Å². The summed E-state index contributed by atoms with van der Waals surface area (Å²) in [6, 6.07) is 16.8. The summed E-state index contributed by atoms with van der Waals surface area (Å²) < 4.78 is 27.6. The number of aromatic nitrogens is 1. The fourth-order valence-corrected chi connectivity index (χ4v) is 2.61. The summed E-state index contributed by atoms with van der Waals surface area (Å²) in [5, 5.41) is 16.2. The van der Waals surface area contributed by atoms with Crippen molar-refractivity contribution in [1.29, 1.82) is 5.41 Å². The third kappa shape index (κ3) is 6.91. The van der Waals surface area contributed by atoms with Crippen LogP contribution in [-0.4, -0.2) is 40.8 Å². The molecule has 0 unspecified atom stereocenters. The predicted molar refractivity (Wildman–Crippen MR) is 109 cm³/mol. The summed E-state index contributed by atoms with van der Waals surface area (Å²) in [6.45, 7) is 0. The van der Waals surface area contributed by atoms with E-state index in [0.29, 0.717) is 11.6 Å². The first-order valence-corrected chi connectivity index (χ1v) is 9.75. The van der Waals surface area contributed by atoms with Gasteiger partial charge in [-0.3, -0.25) is 14.5 Å². The maximum atomic E-state index is 11.4. The van der Waals surface area contributed by atoms with Crippen molar-refractivity contribution in [3.05, 3.63) is 65.3 Å². The first-order chi connectivity index (χ1) is 12.9. The average Bonchev–Trinajstić information content (AvgIpc) is 2.85. The third-order valence-corrected chi connectivity index (χ3v) is 3.40. The Labute approximate surface area is 166 Å². The maximum Gasteiger partial charge on any atom is 0.339 e. The summed E-state index contributed by atoms with van der Waals surface area (Å²) in [6.07, 6.45) is 0.715.